The van der Waals surface area contributed by atoms with Crippen LogP contribution in [0.3, 0.4) is 0 Å². The van der Waals surface area contributed by atoms with Crippen molar-refractivity contribution in [1.82, 2.24) is 4.57 Å². The Hall–Kier alpha value is -3.25. The summed E-state index contributed by atoms with van der Waals surface area (Å²) in [6, 6.07) is 7.66. The summed E-state index contributed by atoms with van der Waals surface area (Å²) in [6.07, 6.45) is 0.938. The number of nitro groups is 1. The quantitative estimate of drug-likeness (QED) is 0.395. The van der Waals surface area contributed by atoms with E-state index in [9.17, 15) is 28.1 Å². The molecule has 1 N–H and O–H groups in total. The number of rotatable bonds is 7. The number of anilines is 2. The molecule has 1 aromatic heterocycles. The van der Waals surface area contributed by atoms with Crippen LogP contribution < -0.4 is 14.5 Å². The predicted octanol–water partition coefficient (Wildman–Crippen LogP) is 3.65. The fourth-order valence-electron chi connectivity index (χ4n) is 3.58. The van der Waals surface area contributed by atoms with Crippen molar-refractivity contribution < 1.29 is 18.1 Å². The molecule has 1 amide bonds. The first-order valence-electron chi connectivity index (χ1n) is 10.0. The second-order valence-corrected chi connectivity index (χ2v) is 10.8. The zero-order valence-corrected chi connectivity index (χ0v) is 20.4. The van der Waals surface area contributed by atoms with Gasteiger partial charge in [0.2, 0.25) is 15.9 Å². The maximum absolute atomic E-state index is 13.0. The number of benzene rings is 2. The van der Waals surface area contributed by atoms with Crippen molar-refractivity contribution in [3.8, 4) is 0 Å². The summed E-state index contributed by atoms with van der Waals surface area (Å²) in [7, 11) is -3.96. The van der Waals surface area contributed by atoms with Gasteiger partial charge in [-0.3, -0.25) is 28.6 Å². The number of sulfonamides is 1. The Kier molecular flexibility index (Phi) is 6.61. The summed E-state index contributed by atoms with van der Waals surface area (Å²) in [5.74, 6) is -0.624. The number of carbonyl (C=O) groups excluding carboxylic acids is 1. The van der Waals surface area contributed by atoms with Gasteiger partial charge in [-0.25, -0.2) is 8.42 Å². The number of hydrogen-bond acceptors (Lipinski definition) is 7. The maximum atomic E-state index is 13.0. The van der Waals surface area contributed by atoms with Gasteiger partial charge in [-0.05, 0) is 51.5 Å². The van der Waals surface area contributed by atoms with Crippen molar-refractivity contribution in [2.24, 2.45) is 0 Å². The molecule has 0 aliphatic rings. The number of nitro benzene ring substituents is 1. The van der Waals surface area contributed by atoms with E-state index in [0.29, 0.717) is 16.0 Å². The lowest BCUT2D eigenvalue weighted by atomic mass is 10.1. The number of aromatic nitrogens is 1. The smallest absolute Gasteiger partial charge is 0.308 e. The van der Waals surface area contributed by atoms with E-state index < -0.39 is 26.9 Å². The normalized spacial score (nSPS) is 12.7. The molecular weight excluding hydrogens is 468 g/mol. The number of carbonyl (C=O) groups is 1. The lowest BCUT2D eigenvalue weighted by Gasteiger charge is -2.29. The van der Waals surface area contributed by atoms with E-state index >= 15 is 0 Å². The zero-order valence-electron chi connectivity index (χ0n) is 18.7. The van der Waals surface area contributed by atoms with Crippen LogP contribution in [0.5, 0.6) is 0 Å². The zero-order chi connectivity index (χ0) is 24.7. The largest absolute Gasteiger partial charge is 0.324 e. The molecule has 0 aliphatic heterocycles. The first kappa shape index (κ1) is 24.4. The van der Waals surface area contributed by atoms with Crippen LogP contribution in [-0.4, -0.2) is 36.1 Å². The highest BCUT2D eigenvalue weighted by molar-refractivity contribution is 7.92. The molecule has 12 heteroatoms. The maximum Gasteiger partial charge on any atom is 0.308 e. The topological polar surface area (TPSA) is 132 Å². The Morgan fingerprint density at radius 2 is 1.85 bits per heavy atom. The molecule has 0 saturated carbocycles. The van der Waals surface area contributed by atoms with Crippen molar-refractivity contribution in [3.05, 3.63) is 61.7 Å². The van der Waals surface area contributed by atoms with E-state index in [4.69, 9.17) is 0 Å². The van der Waals surface area contributed by atoms with E-state index in [1.54, 1.807) is 29.7 Å². The van der Waals surface area contributed by atoms with Crippen molar-refractivity contribution in [2.75, 3.05) is 15.9 Å². The van der Waals surface area contributed by atoms with Crippen molar-refractivity contribution in [3.63, 3.8) is 0 Å². The SMILES string of the molecule is Cc1ccc([N+](=O)[O-])cc1N([C@H](C)C(=O)Nc1ccc2c(c1)sc(=O)n2C(C)C)S(C)(=O)=O. The lowest BCUT2D eigenvalue weighted by Crippen LogP contribution is -2.45. The van der Waals surface area contributed by atoms with Gasteiger partial charge in [0.15, 0.2) is 0 Å². The lowest BCUT2D eigenvalue weighted by molar-refractivity contribution is -0.384. The Labute approximate surface area is 194 Å². The molecule has 0 saturated heterocycles. The van der Waals surface area contributed by atoms with E-state index in [1.807, 2.05) is 13.8 Å². The van der Waals surface area contributed by atoms with Crippen LogP contribution in [0.4, 0.5) is 17.1 Å². The van der Waals surface area contributed by atoms with E-state index in [1.165, 1.54) is 19.1 Å². The molecule has 1 heterocycles. The van der Waals surface area contributed by atoms with Gasteiger partial charge in [0.05, 0.1) is 27.1 Å². The van der Waals surface area contributed by atoms with Crippen molar-refractivity contribution in [2.45, 2.75) is 39.8 Å². The second-order valence-electron chi connectivity index (χ2n) is 7.97. The van der Waals surface area contributed by atoms with Gasteiger partial charge in [0, 0.05) is 23.9 Å². The van der Waals surface area contributed by atoms with Gasteiger partial charge < -0.3 is 5.32 Å². The fourth-order valence-corrected chi connectivity index (χ4v) is 5.86. The van der Waals surface area contributed by atoms with Crippen LogP contribution in [0.1, 0.15) is 32.4 Å². The average Bonchev–Trinajstić information content (AvgIpc) is 3.03. The van der Waals surface area contributed by atoms with Crippen LogP contribution in [-0.2, 0) is 14.8 Å². The van der Waals surface area contributed by atoms with Gasteiger partial charge in [0.25, 0.3) is 5.69 Å². The van der Waals surface area contributed by atoms with E-state index in [0.717, 1.165) is 33.5 Å². The van der Waals surface area contributed by atoms with E-state index in [2.05, 4.69) is 5.32 Å². The highest BCUT2D eigenvalue weighted by atomic mass is 32.2. The summed E-state index contributed by atoms with van der Waals surface area (Å²) in [5, 5.41) is 13.9. The molecule has 0 fully saturated rings. The molecule has 2 aromatic carbocycles. The Morgan fingerprint density at radius 3 is 2.42 bits per heavy atom. The summed E-state index contributed by atoms with van der Waals surface area (Å²) < 4.78 is 28.4. The number of nitrogens with zero attached hydrogens (tertiary/aromatic N) is 3. The Morgan fingerprint density at radius 1 is 1.18 bits per heavy atom. The molecule has 0 bridgehead atoms. The van der Waals surface area contributed by atoms with E-state index in [-0.39, 0.29) is 22.3 Å². The van der Waals surface area contributed by atoms with Crippen molar-refractivity contribution in [1.29, 1.82) is 0 Å². The molecule has 0 unspecified atom stereocenters. The number of hydrogen-bond donors (Lipinski definition) is 1. The van der Waals surface area contributed by atoms with Crippen LogP contribution in [0, 0.1) is 17.0 Å². The third kappa shape index (κ3) is 4.91. The van der Waals surface area contributed by atoms with Crippen LogP contribution in [0.2, 0.25) is 0 Å². The fraction of sp³-hybridized carbons (Fsp3) is 0.333. The van der Waals surface area contributed by atoms with Crippen LogP contribution in [0.15, 0.2) is 41.2 Å². The molecule has 176 valence electrons. The molecule has 33 heavy (non-hydrogen) atoms. The summed E-state index contributed by atoms with van der Waals surface area (Å²) >= 11 is 1.06. The minimum atomic E-state index is -3.96. The Bertz CT molecular complexity index is 1410. The molecule has 1 atom stereocenters. The van der Waals surface area contributed by atoms with Crippen molar-refractivity contribution >= 4 is 54.5 Å². The molecule has 0 aliphatic carbocycles. The summed E-state index contributed by atoms with van der Waals surface area (Å²) in [5.41, 5.74) is 1.38. The number of nitrogens with one attached hydrogen (secondary N) is 1. The number of non-ortho nitro benzene ring substituents is 1. The predicted molar refractivity (Wildman–Crippen MR) is 130 cm³/mol. The summed E-state index contributed by atoms with van der Waals surface area (Å²) in [4.78, 5) is 35.7. The highest BCUT2D eigenvalue weighted by Crippen LogP contribution is 2.30. The number of aryl methyl sites for hydroxylation is 1. The molecule has 3 aromatic rings. The summed E-state index contributed by atoms with van der Waals surface area (Å²) in [6.45, 7) is 6.82. The monoisotopic (exact) mass is 492 g/mol. The molecule has 0 spiro atoms. The van der Waals surface area contributed by atoms with Crippen LogP contribution in [0.25, 0.3) is 10.2 Å². The van der Waals surface area contributed by atoms with Crippen LogP contribution >= 0.6 is 11.3 Å². The number of thiazole rings is 1. The standard InChI is InChI=1S/C21H24N4O6S2/c1-12(2)23-17-9-7-15(10-19(17)32-21(23)27)22-20(26)14(4)24(33(5,30)31)18-11-16(25(28)29)8-6-13(18)3/h6-12,14H,1-5H3,(H,22,26)/t14-/m1/s1. The second kappa shape index (κ2) is 8.94. The minimum absolute atomic E-state index is 0.0202. The first-order chi connectivity index (χ1) is 15.3. The van der Waals surface area contributed by atoms with Gasteiger partial charge in [-0.15, -0.1) is 0 Å². The minimum Gasteiger partial charge on any atom is -0.324 e. The number of amides is 1. The molecule has 3 rings (SSSR count). The third-order valence-electron chi connectivity index (χ3n) is 5.13. The Balaban J connectivity index is 1.96. The van der Waals surface area contributed by atoms with Gasteiger partial charge in [-0.1, -0.05) is 17.4 Å². The first-order valence-corrected chi connectivity index (χ1v) is 12.7. The van der Waals surface area contributed by atoms with Gasteiger partial charge in [0.1, 0.15) is 6.04 Å². The third-order valence-corrected chi connectivity index (χ3v) is 7.27. The highest BCUT2D eigenvalue weighted by Gasteiger charge is 2.31. The number of fused-ring (bicyclic) bond motifs is 1. The van der Waals surface area contributed by atoms with Gasteiger partial charge in [-0.2, -0.15) is 0 Å². The average molecular weight is 493 g/mol. The molecule has 10 nitrogen and oxygen atoms in total. The van der Waals surface area contributed by atoms with Gasteiger partial charge >= 0.3 is 4.87 Å². The molecular formula is C21H24N4O6S2. The molecule has 0 radical (unpaired) electrons.